The first kappa shape index (κ1) is 22.0. The Bertz CT molecular complexity index is 931. The molecule has 0 radical (unpaired) electrons. The van der Waals surface area contributed by atoms with Gasteiger partial charge in [-0.05, 0) is 70.1 Å². The molecule has 170 valence electrons. The van der Waals surface area contributed by atoms with Crippen LogP contribution in [0.25, 0.3) is 0 Å². The third-order valence-corrected chi connectivity index (χ3v) is 8.06. The summed E-state index contributed by atoms with van der Waals surface area (Å²) < 4.78 is 19.1. The Morgan fingerprint density at radius 1 is 0.938 bits per heavy atom. The molecule has 32 heavy (non-hydrogen) atoms. The van der Waals surface area contributed by atoms with E-state index in [9.17, 15) is 0 Å². The first-order valence-corrected chi connectivity index (χ1v) is 12.1. The maximum absolute atomic E-state index is 6.66. The van der Waals surface area contributed by atoms with Crippen LogP contribution < -0.4 is 10.2 Å². The highest BCUT2D eigenvalue weighted by Gasteiger charge is 2.51. The van der Waals surface area contributed by atoms with Crippen molar-refractivity contribution in [2.24, 2.45) is 11.8 Å². The molecular formula is C27H36BNO3. The molecule has 0 spiro atoms. The average molecular weight is 433 g/mol. The van der Waals surface area contributed by atoms with Gasteiger partial charge >= 0.3 is 7.12 Å². The van der Waals surface area contributed by atoms with Crippen molar-refractivity contribution in [1.82, 2.24) is 4.90 Å². The van der Waals surface area contributed by atoms with Gasteiger partial charge in [0.1, 0.15) is 11.9 Å². The van der Waals surface area contributed by atoms with Crippen molar-refractivity contribution in [3.63, 3.8) is 0 Å². The number of hydrogen-bond donors (Lipinski definition) is 0. The van der Waals surface area contributed by atoms with Crippen molar-refractivity contribution >= 4 is 12.6 Å². The zero-order chi connectivity index (χ0) is 22.5. The standard InChI is InChI=1S/C27H36BNO3/c1-19-15-23(28-31-26(2,3)27(4,5)32-28)13-14-24(19)30-25-21-11-12-22(25)18-29(17-21)16-20-9-7-6-8-10-20/h6-10,13-15,21-22,25H,11-12,16-18H2,1-5H3/t21-,22+,25-. The molecule has 2 bridgehead atoms. The van der Waals surface area contributed by atoms with Crippen molar-refractivity contribution in [3.05, 3.63) is 59.7 Å². The highest BCUT2D eigenvalue weighted by molar-refractivity contribution is 6.62. The molecule has 2 saturated heterocycles. The molecule has 2 aromatic rings. The van der Waals surface area contributed by atoms with Crippen LogP contribution in [0.1, 0.15) is 51.7 Å². The van der Waals surface area contributed by atoms with Crippen LogP contribution >= 0.6 is 0 Å². The molecule has 1 aliphatic carbocycles. The van der Waals surface area contributed by atoms with Gasteiger partial charge in [-0.15, -0.1) is 0 Å². The highest BCUT2D eigenvalue weighted by atomic mass is 16.7. The van der Waals surface area contributed by atoms with Crippen LogP contribution in [0, 0.1) is 18.8 Å². The molecule has 3 aliphatic rings. The van der Waals surface area contributed by atoms with Gasteiger partial charge in [0.25, 0.3) is 0 Å². The average Bonchev–Trinajstić information content (AvgIpc) is 3.10. The van der Waals surface area contributed by atoms with Crippen LogP contribution in [-0.4, -0.2) is 42.4 Å². The first-order chi connectivity index (χ1) is 15.2. The first-order valence-electron chi connectivity index (χ1n) is 12.1. The van der Waals surface area contributed by atoms with E-state index in [1.165, 1.54) is 18.4 Å². The maximum atomic E-state index is 6.66. The Morgan fingerprint density at radius 2 is 1.56 bits per heavy atom. The van der Waals surface area contributed by atoms with Crippen molar-refractivity contribution < 1.29 is 14.0 Å². The summed E-state index contributed by atoms with van der Waals surface area (Å²) >= 11 is 0. The topological polar surface area (TPSA) is 30.9 Å². The predicted octanol–water partition coefficient (Wildman–Crippen LogP) is 4.58. The third kappa shape index (κ3) is 4.11. The molecular weight excluding hydrogens is 397 g/mol. The van der Waals surface area contributed by atoms with E-state index in [0.29, 0.717) is 17.9 Å². The highest BCUT2D eigenvalue weighted by Crippen LogP contribution is 2.41. The van der Waals surface area contributed by atoms with Gasteiger partial charge < -0.3 is 14.0 Å². The van der Waals surface area contributed by atoms with E-state index in [0.717, 1.165) is 36.4 Å². The summed E-state index contributed by atoms with van der Waals surface area (Å²) in [5.41, 5.74) is 2.97. The molecule has 3 atom stereocenters. The molecule has 5 heteroatoms. The van der Waals surface area contributed by atoms with Crippen LogP contribution in [0.5, 0.6) is 5.75 Å². The normalized spacial score (nSPS) is 28.8. The van der Waals surface area contributed by atoms with Crippen LogP contribution in [0.3, 0.4) is 0 Å². The van der Waals surface area contributed by atoms with E-state index in [2.05, 4.69) is 88.0 Å². The summed E-state index contributed by atoms with van der Waals surface area (Å²) in [7, 11) is -0.329. The quantitative estimate of drug-likeness (QED) is 0.646. The summed E-state index contributed by atoms with van der Waals surface area (Å²) in [6, 6.07) is 17.2. The van der Waals surface area contributed by atoms with Gasteiger partial charge in [-0.2, -0.15) is 0 Å². The summed E-state index contributed by atoms with van der Waals surface area (Å²) in [5.74, 6) is 2.22. The molecule has 3 fully saturated rings. The number of rotatable bonds is 5. The summed E-state index contributed by atoms with van der Waals surface area (Å²) in [4.78, 5) is 2.62. The van der Waals surface area contributed by atoms with E-state index in [1.54, 1.807) is 0 Å². The maximum Gasteiger partial charge on any atom is 0.494 e. The van der Waals surface area contributed by atoms with E-state index in [1.807, 2.05) is 0 Å². The van der Waals surface area contributed by atoms with Crippen LogP contribution in [-0.2, 0) is 15.9 Å². The van der Waals surface area contributed by atoms with Crippen molar-refractivity contribution in [2.45, 2.75) is 71.3 Å². The number of hydrogen-bond acceptors (Lipinski definition) is 4. The fourth-order valence-corrected chi connectivity index (χ4v) is 5.51. The summed E-state index contributed by atoms with van der Waals surface area (Å²) in [5, 5.41) is 0. The molecule has 5 rings (SSSR count). The van der Waals surface area contributed by atoms with Gasteiger partial charge in [-0.3, -0.25) is 4.90 Å². The van der Waals surface area contributed by atoms with E-state index >= 15 is 0 Å². The molecule has 2 aliphatic heterocycles. The fraction of sp³-hybridized carbons (Fsp3) is 0.556. The Labute approximate surface area is 193 Å². The van der Waals surface area contributed by atoms with Crippen molar-refractivity contribution in [1.29, 1.82) is 0 Å². The van der Waals surface area contributed by atoms with Crippen LogP contribution in [0.4, 0.5) is 0 Å². The number of fused-ring (bicyclic) bond motifs is 2. The lowest BCUT2D eigenvalue weighted by molar-refractivity contribution is 0.00578. The smallest absolute Gasteiger partial charge is 0.489 e. The zero-order valence-corrected chi connectivity index (χ0v) is 20.1. The second-order valence-corrected chi connectivity index (χ2v) is 11.0. The summed E-state index contributed by atoms with van der Waals surface area (Å²) in [6.07, 6.45) is 2.86. The van der Waals surface area contributed by atoms with E-state index in [-0.39, 0.29) is 18.3 Å². The molecule has 2 aromatic carbocycles. The Hall–Kier alpha value is -1.82. The lowest BCUT2D eigenvalue weighted by Gasteiger charge is -2.38. The predicted molar refractivity (Wildman–Crippen MR) is 129 cm³/mol. The van der Waals surface area contributed by atoms with Gasteiger partial charge in [0.05, 0.1) is 11.2 Å². The number of ether oxygens (including phenoxy) is 1. The molecule has 0 N–H and O–H groups in total. The third-order valence-electron chi connectivity index (χ3n) is 8.06. The minimum Gasteiger partial charge on any atom is -0.489 e. The lowest BCUT2D eigenvalue weighted by atomic mass is 9.78. The molecule has 0 amide bonds. The largest absolute Gasteiger partial charge is 0.494 e. The molecule has 4 nitrogen and oxygen atoms in total. The van der Waals surface area contributed by atoms with Crippen molar-refractivity contribution in [2.75, 3.05) is 13.1 Å². The minimum absolute atomic E-state index is 0.323. The molecule has 2 heterocycles. The van der Waals surface area contributed by atoms with Gasteiger partial charge in [0, 0.05) is 31.5 Å². The zero-order valence-electron chi connectivity index (χ0n) is 20.1. The Balaban J connectivity index is 1.24. The van der Waals surface area contributed by atoms with Crippen molar-refractivity contribution in [3.8, 4) is 5.75 Å². The van der Waals surface area contributed by atoms with E-state index < -0.39 is 0 Å². The number of piperidine rings is 1. The number of aryl methyl sites for hydroxylation is 1. The minimum atomic E-state index is -0.329. The molecule has 0 unspecified atom stereocenters. The summed E-state index contributed by atoms with van der Waals surface area (Å²) in [6.45, 7) is 13.8. The van der Waals surface area contributed by atoms with Gasteiger partial charge in [0.2, 0.25) is 0 Å². The van der Waals surface area contributed by atoms with Gasteiger partial charge in [0.15, 0.2) is 0 Å². The van der Waals surface area contributed by atoms with Gasteiger partial charge in [-0.25, -0.2) is 0 Å². The van der Waals surface area contributed by atoms with Gasteiger partial charge in [-0.1, -0.05) is 42.5 Å². The Morgan fingerprint density at radius 3 is 2.16 bits per heavy atom. The van der Waals surface area contributed by atoms with Crippen LogP contribution in [0.2, 0.25) is 0 Å². The molecule has 0 aromatic heterocycles. The van der Waals surface area contributed by atoms with Crippen LogP contribution in [0.15, 0.2) is 48.5 Å². The second kappa shape index (κ2) is 8.20. The number of likely N-dealkylation sites (tertiary alicyclic amines) is 1. The monoisotopic (exact) mass is 433 g/mol. The number of nitrogens with zero attached hydrogens (tertiary/aromatic N) is 1. The SMILES string of the molecule is Cc1cc(B2OC(C)(C)C(C)(C)O2)ccc1O[C@@H]1[C@@H]2CC[C@H]1CN(Cc1ccccc1)C2. The van der Waals surface area contributed by atoms with E-state index in [4.69, 9.17) is 14.0 Å². The lowest BCUT2D eigenvalue weighted by Crippen LogP contribution is -2.46. The Kier molecular flexibility index (Phi) is 5.64. The number of benzene rings is 2. The molecule has 1 saturated carbocycles. The fourth-order valence-electron chi connectivity index (χ4n) is 5.51. The second-order valence-electron chi connectivity index (χ2n) is 11.0.